The Balaban J connectivity index is 2.38. The van der Waals surface area contributed by atoms with Crippen molar-refractivity contribution in [3.63, 3.8) is 0 Å². The van der Waals surface area contributed by atoms with Gasteiger partial charge in [-0.2, -0.15) is 16.1 Å². The number of hydrogen-bond donors (Lipinski definition) is 0. The SMILES string of the molecule is Cc1csc(CCl)c1S(=O)(=O)N1CCSC(C)C1. The summed E-state index contributed by atoms with van der Waals surface area (Å²) in [4.78, 5) is 1.18. The van der Waals surface area contributed by atoms with E-state index in [1.165, 1.54) is 11.3 Å². The lowest BCUT2D eigenvalue weighted by Crippen LogP contribution is -2.41. The van der Waals surface area contributed by atoms with E-state index in [-0.39, 0.29) is 5.88 Å². The molecule has 1 fully saturated rings. The van der Waals surface area contributed by atoms with Gasteiger partial charge in [0.25, 0.3) is 0 Å². The van der Waals surface area contributed by atoms with Crippen LogP contribution in [0.4, 0.5) is 0 Å². The van der Waals surface area contributed by atoms with E-state index >= 15 is 0 Å². The fourth-order valence-electron chi connectivity index (χ4n) is 2.06. The van der Waals surface area contributed by atoms with E-state index in [2.05, 4.69) is 6.92 Å². The molecular formula is C11H16ClNO2S3. The molecule has 0 aromatic carbocycles. The predicted octanol–water partition coefficient (Wildman–Crippen LogP) is 2.92. The summed E-state index contributed by atoms with van der Waals surface area (Å²) in [5.41, 5.74) is 0.807. The van der Waals surface area contributed by atoms with Crippen LogP contribution >= 0.6 is 34.7 Å². The van der Waals surface area contributed by atoms with Crippen molar-refractivity contribution in [2.24, 2.45) is 0 Å². The second-order valence-electron chi connectivity index (χ2n) is 4.35. The second kappa shape index (κ2) is 5.71. The first-order chi connectivity index (χ1) is 8.46. The smallest absolute Gasteiger partial charge is 0.207 e. The van der Waals surface area contributed by atoms with Crippen molar-refractivity contribution in [2.75, 3.05) is 18.8 Å². The van der Waals surface area contributed by atoms with E-state index in [1.54, 1.807) is 4.31 Å². The van der Waals surface area contributed by atoms with Gasteiger partial charge in [-0.15, -0.1) is 22.9 Å². The number of hydrogen-bond acceptors (Lipinski definition) is 4. The van der Waals surface area contributed by atoms with Crippen LogP contribution < -0.4 is 0 Å². The van der Waals surface area contributed by atoms with Gasteiger partial charge >= 0.3 is 0 Å². The van der Waals surface area contributed by atoms with E-state index in [0.717, 1.165) is 16.2 Å². The van der Waals surface area contributed by atoms with Crippen LogP contribution in [-0.4, -0.2) is 36.8 Å². The van der Waals surface area contributed by atoms with Gasteiger partial charge in [0.05, 0.1) is 5.88 Å². The molecule has 18 heavy (non-hydrogen) atoms. The highest BCUT2D eigenvalue weighted by Gasteiger charge is 2.32. The van der Waals surface area contributed by atoms with E-state index in [1.807, 2.05) is 24.1 Å². The molecule has 0 radical (unpaired) electrons. The van der Waals surface area contributed by atoms with Gasteiger partial charge in [-0.05, 0) is 17.9 Å². The summed E-state index contributed by atoms with van der Waals surface area (Å²) in [7, 11) is -3.38. The lowest BCUT2D eigenvalue weighted by atomic mass is 10.3. The predicted molar refractivity (Wildman–Crippen MR) is 79.3 cm³/mol. The Hall–Kier alpha value is 0.250. The van der Waals surface area contributed by atoms with Crippen molar-refractivity contribution in [1.29, 1.82) is 0 Å². The van der Waals surface area contributed by atoms with Crippen LogP contribution in [0, 0.1) is 6.92 Å². The molecule has 2 rings (SSSR count). The Labute approximate surface area is 122 Å². The summed E-state index contributed by atoms with van der Waals surface area (Å²) in [6, 6.07) is 0. The van der Waals surface area contributed by atoms with Crippen molar-refractivity contribution in [2.45, 2.75) is 29.9 Å². The van der Waals surface area contributed by atoms with Crippen LogP contribution in [0.15, 0.2) is 10.3 Å². The minimum absolute atomic E-state index is 0.255. The normalized spacial score (nSPS) is 22.3. The quantitative estimate of drug-likeness (QED) is 0.802. The Morgan fingerprint density at radius 2 is 2.28 bits per heavy atom. The van der Waals surface area contributed by atoms with Crippen LogP contribution in [0.3, 0.4) is 0 Å². The van der Waals surface area contributed by atoms with Crippen LogP contribution in [-0.2, 0) is 15.9 Å². The van der Waals surface area contributed by atoms with E-state index < -0.39 is 10.0 Å². The summed E-state index contributed by atoms with van der Waals surface area (Å²) in [6.07, 6.45) is 0. The molecule has 0 spiro atoms. The van der Waals surface area contributed by atoms with Crippen LogP contribution in [0.1, 0.15) is 17.4 Å². The highest BCUT2D eigenvalue weighted by Crippen LogP contribution is 2.32. The third-order valence-corrected chi connectivity index (χ3v) is 7.80. The van der Waals surface area contributed by atoms with Gasteiger partial charge in [-0.3, -0.25) is 0 Å². The van der Waals surface area contributed by atoms with Crippen molar-refractivity contribution in [3.8, 4) is 0 Å². The van der Waals surface area contributed by atoms with Gasteiger partial charge in [0.15, 0.2) is 0 Å². The Kier molecular flexibility index (Phi) is 4.65. The fraction of sp³-hybridized carbons (Fsp3) is 0.636. The topological polar surface area (TPSA) is 37.4 Å². The average molecular weight is 326 g/mol. The zero-order valence-electron chi connectivity index (χ0n) is 10.3. The molecule has 1 aromatic rings. The van der Waals surface area contributed by atoms with Gasteiger partial charge in [-0.25, -0.2) is 8.42 Å². The van der Waals surface area contributed by atoms with E-state index in [0.29, 0.717) is 23.2 Å². The number of aryl methyl sites for hydroxylation is 1. The molecule has 0 bridgehead atoms. The number of rotatable bonds is 3. The zero-order valence-corrected chi connectivity index (χ0v) is 13.6. The maximum atomic E-state index is 12.7. The molecule has 102 valence electrons. The minimum atomic E-state index is -3.38. The third kappa shape index (κ3) is 2.72. The number of alkyl halides is 1. The fourth-order valence-corrected chi connectivity index (χ4v) is 6.82. The number of halogens is 1. The molecule has 1 aromatic heterocycles. The minimum Gasteiger partial charge on any atom is -0.207 e. The first-order valence-electron chi connectivity index (χ1n) is 5.71. The molecule has 1 aliphatic heterocycles. The third-order valence-electron chi connectivity index (χ3n) is 2.91. The molecule has 3 nitrogen and oxygen atoms in total. The lowest BCUT2D eigenvalue weighted by molar-refractivity contribution is 0.424. The van der Waals surface area contributed by atoms with Gasteiger partial charge in [-0.1, -0.05) is 6.92 Å². The molecule has 2 heterocycles. The van der Waals surface area contributed by atoms with Gasteiger partial charge in [0.2, 0.25) is 10.0 Å². The van der Waals surface area contributed by atoms with Crippen LogP contribution in [0.2, 0.25) is 0 Å². The number of thiophene rings is 1. The second-order valence-corrected chi connectivity index (χ2v) is 9.00. The van der Waals surface area contributed by atoms with E-state index in [4.69, 9.17) is 11.6 Å². The summed E-state index contributed by atoms with van der Waals surface area (Å²) in [5, 5.41) is 2.22. The Bertz CT molecular complexity index is 526. The maximum Gasteiger partial charge on any atom is 0.244 e. The monoisotopic (exact) mass is 325 g/mol. The molecule has 0 N–H and O–H groups in total. The number of sulfonamides is 1. The van der Waals surface area contributed by atoms with Gasteiger partial charge in [0, 0.05) is 29.0 Å². The number of thioether (sulfide) groups is 1. The summed E-state index contributed by atoms with van der Waals surface area (Å²) in [6.45, 7) is 5.08. The molecule has 1 aliphatic rings. The first kappa shape index (κ1) is 14.7. The van der Waals surface area contributed by atoms with Crippen LogP contribution in [0.5, 0.6) is 0 Å². The molecule has 1 atom stereocenters. The Morgan fingerprint density at radius 1 is 1.56 bits per heavy atom. The molecule has 1 saturated heterocycles. The van der Waals surface area contributed by atoms with Gasteiger partial charge in [0.1, 0.15) is 4.90 Å². The molecule has 0 aliphatic carbocycles. The Morgan fingerprint density at radius 3 is 2.89 bits per heavy atom. The summed E-state index contributed by atoms with van der Waals surface area (Å²) in [5.74, 6) is 1.12. The van der Waals surface area contributed by atoms with Crippen molar-refractivity contribution < 1.29 is 8.42 Å². The average Bonchev–Trinajstić information content (AvgIpc) is 2.71. The molecule has 7 heteroatoms. The zero-order chi connectivity index (χ0) is 13.3. The van der Waals surface area contributed by atoms with Gasteiger partial charge < -0.3 is 0 Å². The standard InChI is InChI=1S/C11H16ClNO2S3/c1-8-7-17-10(5-12)11(8)18(14,15)13-3-4-16-9(2)6-13/h7,9H,3-6H2,1-2H3. The molecule has 0 amide bonds. The van der Waals surface area contributed by atoms with E-state index in [9.17, 15) is 8.42 Å². The van der Waals surface area contributed by atoms with Crippen molar-refractivity contribution in [3.05, 3.63) is 15.8 Å². The van der Waals surface area contributed by atoms with Crippen molar-refractivity contribution in [1.82, 2.24) is 4.31 Å². The molecule has 0 saturated carbocycles. The highest BCUT2D eigenvalue weighted by molar-refractivity contribution is 8.00. The number of nitrogens with zero attached hydrogens (tertiary/aromatic N) is 1. The summed E-state index contributed by atoms with van der Waals surface area (Å²) < 4.78 is 26.9. The van der Waals surface area contributed by atoms with Crippen molar-refractivity contribution >= 4 is 44.7 Å². The maximum absolute atomic E-state index is 12.7. The largest absolute Gasteiger partial charge is 0.244 e. The molecule has 1 unspecified atom stereocenters. The lowest BCUT2D eigenvalue weighted by Gasteiger charge is -2.30. The first-order valence-corrected chi connectivity index (χ1v) is 9.61. The highest BCUT2D eigenvalue weighted by atomic mass is 35.5. The molecular weight excluding hydrogens is 310 g/mol. The summed E-state index contributed by atoms with van der Waals surface area (Å²) >= 11 is 9.09. The van der Waals surface area contributed by atoms with Crippen LogP contribution in [0.25, 0.3) is 0 Å².